The largest absolute Gasteiger partial charge is 0.545 e. The first-order valence-electron chi connectivity index (χ1n) is 32.3. The lowest BCUT2D eigenvalue weighted by Gasteiger charge is -2.26. The Morgan fingerprint density at radius 1 is 0.361 bits per heavy atom. The lowest BCUT2D eigenvalue weighted by atomic mass is 10.1. The van der Waals surface area contributed by atoms with Gasteiger partial charge in [0.05, 0.1) is 40.3 Å². The second kappa shape index (κ2) is 62.7. The Balaban J connectivity index is 4.27. The van der Waals surface area contributed by atoms with Crippen LogP contribution in [0, 0.1) is 0 Å². The van der Waals surface area contributed by atoms with E-state index in [2.05, 4.69) is 184 Å². The minimum atomic E-state index is -1.64. The van der Waals surface area contributed by atoms with Crippen molar-refractivity contribution in [2.45, 2.75) is 232 Å². The summed E-state index contributed by atoms with van der Waals surface area (Å²) in [7, 11) is 5.90. The minimum absolute atomic E-state index is 0.133. The molecule has 9 heteroatoms. The van der Waals surface area contributed by atoms with E-state index in [0.717, 1.165) is 161 Å². The Kier molecular flexibility index (Phi) is 58.6. The maximum absolute atomic E-state index is 12.9. The van der Waals surface area contributed by atoms with Gasteiger partial charge in [0.15, 0.2) is 12.4 Å². The van der Waals surface area contributed by atoms with Gasteiger partial charge in [-0.25, -0.2) is 0 Å². The second-order valence-electron chi connectivity index (χ2n) is 21.9. The van der Waals surface area contributed by atoms with E-state index in [0.29, 0.717) is 17.4 Å². The third kappa shape index (κ3) is 64.1. The Hall–Kier alpha value is -5.35. The fourth-order valence-corrected chi connectivity index (χ4v) is 8.08. The first-order valence-corrected chi connectivity index (χ1v) is 32.3. The number of carbonyl (C=O) groups excluding carboxylic acids is 3. The molecule has 0 aliphatic rings. The van der Waals surface area contributed by atoms with Crippen molar-refractivity contribution >= 4 is 17.9 Å². The minimum Gasteiger partial charge on any atom is -0.545 e. The number of esters is 2. The predicted octanol–water partition coefficient (Wildman–Crippen LogP) is 18.6. The number of hydrogen-bond donors (Lipinski definition) is 0. The first kappa shape index (κ1) is 77.7. The molecule has 0 radical (unpaired) electrons. The summed E-state index contributed by atoms with van der Waals surface area (Å²) in [6, 6.07) is 0. The summed E-state index contributed by atoms with van der Waals surface area (Å²) in [4.78, 5) is 37.4. The quantitative estimate of drug-likeness (QED) is 0.0195. The molecule has 2 atom stereocenters. The van der Waals surface area contributed by atoms with Crippen LogP contribution in [0.1, 0.15) is 219 Å². The van der Waals surface area contributed by atoms with Crippen LogP contribution in [-0.4, -0.2) is 82.3 Å². The van der Waals surface area contributed by atoms with Crippen molar-refractivity contribution in [1.29, 1.82) is 0 Å². The number of quaternary nitrogens is 1. The van der Waals surface area contributed by atoms with Crippen molar-refractivity contribution < 1.29 is 42.9 Å². The smallest absolute Gasteiger partial charge is 0.306 e. The molecule has 0 aromatic heterocycles. The number of aliphatic carboxylic acids is 1. The van der Waals surface area contributed by atoms with Crippen molar-refractivity contribution in [3.63, 3.8) is 0 Å². The molecule has 0 aromatic rings. The molecule has 0 aromatic carbocycles. The molecule has 0 saturated heterocycles. The van der Waals surface area contributed by atoms with Crippen molar-refractivity contribution in [2.24, 2.45) is 0 Å². The zero-order valence-corrected chi connectivity index (χ0v) is 53.0. The molecule has 0 fully saturated rings. The summed E-state index contributed by atoms with van der Waals surface area (Å²) in [5.41, 5.74) is 0. The highest BCUT2D eigenvalue weighted by Gasteiger charge is 2.22. The number of nitrogens with zero attached hydrogens (tertiary/aromatic N) is 1. The van der Waals surface area contributed by atoms with E-state index in [4.69, 9.17) is 18.9 Å². The van der Waals surface area contributed by atoms with Crippen molar-refractivity contribution in [1.82, 2.24) is 0 Å². The van der Waals surface area contributed by atoms with Crippen LogP contribution >= 0.6 is 0 Å². The summed E-state index contributed by atoms with van der Waals surface area (Å²) < 4.78 is 22.7. The van der Waals surface area contributed by atoms with Gasteiger partial charge in [-0.15, -0.1) is 0 Å². The van der Waals surface area contributed by atoms with Gasteiger partial charge in [-0.05, 0) is 128 Å². The molecule has 0 aliphatic carbocycles. The fourth-order valence-electron chi connectivity index (χ4n) is 8.08. The van der Waals surface area contributed by atoms with Crippen molar-refractivity contribution in [3.8, 4) is 0 Å². The lowest BCUT2D eigenvalue weighted by Crippen LogP contribution is -2.44. The van der Waals surface area contributed by atoms with Gasteiger partial charge in [0.2, 0.25) is 0 Å². The van der Waals surface area contributed by atoms with E-state index < -0.39 is 24.3 Å². The summed E-state index contributed by atoms with van der Waals surface area (Å²) in [6.07, 6.45) is 91.2. The number of hydrogen-bond acceptors (Lipinski definition) is 8. The highest BCUT2D eigenvalue weighted by atomic mass is 16.7. The summed E-state index contributed by atoms with van der Waals surface area (Å²) >= 11 is 0. The number of carboxylic acids is 1. The molecule has 0 amide bonds. The monoisotopic (exact) mass is 1150 g/mol. The van der Waals surface area contributed by atoms with Crippen LogP contribution in [0.2, 0.25) is 0 Å². The molecule has 0 N–H and O–H groups in total. The van der Waals surface area contributed by atoms with E-state index >= 15 is 0 Å². The number of carboxylic acid groups (broad SMARTS) is 1. The zero-order chi connectivity index (χ0) is 60.5. The molecule has 0 aliphatic heterocycles. The van der Waals surface area contributed by atoms with E-state index in [1.165, 1.54) is 25.7 Å². The van der Waals surface area contributed by atoms with Crippen molar-refractivity contribution in [3.05, 3.63) is 170 Å². The predicted molar refractivity (Wildman–Crippen MR) is 351 cm³/mol. The number of ether oxygens (including phenoxy) is 4. The van der Waals surface area contributed by atoms with Crippen LogP contribution < -0.4 is 5.11 Å². The number of rotatable bonds is 57. The molecule has 0 saturated carbocycles. The van der Waals surface area contributed by atoms with Gasteiger partial charge in [0.1, 0.15) is 13.2 Å². The third-order valence-electron chi connectivity index (χ3n) is 13.0. The lowest BCUT2D eigenvalue weighted by molar-refractivity contribution is -0.870. The molecule has 466 valence electrons. The van der Waals surface area contributed by atoms with Gasteiger partial charge < -0.3 is 33.3 Å². The molecule has 0 spiro atoms. The van der Waals surface area contributed by atoms with E-state index in [1.54, 1.807) is 0 Å². The molecule has 0 heterocycles. The molecular formula is C74H117NO8. The summed E-state index contributed by atoms with van der Waals surface area (Å²) in [5, 5.41) is 11.8. The van der Waals surface area contributed by atoms with Crippen LogP contribution in [0.15, 0.2) is 170 Å². The van der Waals surface area contributed by atoms with Crippen LogP contribution in [0.3, 0.4) is 0 Å². The molecular weight excluding hydrogens is 1030 g/mol. The molecule has 0 rings (SSSR count). The van der Waals surface area contributed by atoms with Gasteiger partial charge >= 0.3 is 11.9 Å². The zero-order valence-electron chi connectivity index (χ0n) is 53.0. The van der Waals surface area contributed by atoms with E-state index in [-0.39, 0.29) is 38.6 Å². The van der Waals surface area contributed by atoms with E-state index in [1.807, 2.05) is 21.1 Å². The highest BCUT2D eigenvalue weighted by Crippen LogP contribution is 2.14. The van der Waals surface area contributed by atoms with Crippen LogP contribution in [-0.2, 0) is 33.3 Å². The summed E-state index contributed by atoms with van der Waals surface area (Å²) in [6.45, 7) is 4.47. The SMILES string of the molecule is CC/C=C\C/C=C\C/C=C\C/C=C\C/C=C\C/C=C\C/C=C\C/C=C\C/C=C\C/C=C\CCCCCCCCC(=O)OC(COC(=O)CCCCCCCCCC/C=C\C/C=C\C/C=C\C/C=C\CC)COC(OCC[N+](C)(C)C)C(=O)[O-]. The van der Waals surface area contributed by atoms with Gasteiger partial charge in [-0.1, -0.05) is 248 Å². The molecule has 0 bridgehead atoms. The topological polar surface area (TPSA) is 111 Å². The van der Waals surface area contributed by atoms with Crippen molar-refractivity contribution in [2.75, 3.05) is 47.5 Å². The standard InChI is InChI=1S/C74H117NO8/c1-6-8-10-12-14-16-18-20-22-24-26-28-29-30-31-32-33-34-35-36-37-38-39-40-41-42-43-45-47-49-51-53-55-57-59-61-63-65-72(77)83-70(69-82-74(73(78)79)80-67-66-75(3,4)5)68-81-71(76)64-62-60-58-56-54-52-50-48-46-44-27-25-23-21-19-17-15-13-11-9-7-2/h8-11,14-17,20-23,26-28,30-31,33-34,36-37,39-40,42-44,47,49,70,74H,6-7,12-13,18-19,24-25,29,32,35,38,41,45-46,48,50-69H2,1-5H3/b10-8-,11-9-,16-14-,17-15-,22-20-,23-21-,28-26-,31-30-,34-33-,37-36-,40-39-,43-42-,44-27-,49-47-. The Morgan fingerprint density at radius 2 is 0.651 bits per heavy atom. The second-order valence-corrected chi connectivity index (χ2v) is 21.9. The van der Waals surface area contributed by atoms with Gasteiger partial charge in [0.25, 0.3) is 0 Å². The van der Waals surface area contributed by atoms with Gasteiger partial charge in [-0.3, -0.25) is 9.59 Å². The van der Waals surface area contributed by atoms with Crippen LogP contribution in [0.25, 0.3) is 0 Å². The number of likely N-dealkylation sites (N-methyl/N-ethyl adjacent to an activating group) is 1. The normalized spacial score (nSPS) is 13.9. The van der Waals surface area contributed by atoms with Crippen LogP contribution in [0.5, 0.6) is 0 Å². The Bertz CT molecular complexity index is 1960. The molecule has 2 unspecified atom stereocenters. The average molecular weight is 1150 g/mol. The highest BCUT2D eigenvalue weighted by molar-refractivity contribution is 5.70. The number of unbranched alkanes of at least 4 members (excludes halogenated alkanes) is 14. The average Bonchev–Trinajstić information content (AvgIpc) is 3.46. The molecule has 9 nitrogen and oxygen atoms in total. The van der Waals surface area contributed by atoms with Crippen LogP contribution in [0.4, 0.5) is 0 Å². The van der Waals surface area contributed by atoms with Gasteiger partial charge in [-0.2, -0.15) is 0 Å². The fraction of sp³-hybridized carbons (Fsp3) is 0.581. The number of carbonyl (C=O) groups is 3. The Morgan fingerprint density at radius 3 is 0.964 bits per heavy atom. The maximum atomic E-state index is 12.9. The summed E-state index contributed by atoms with van der Waals surface area (Å²) in [5.74, 6) is -2.33. The third-order valence-corrected chi connectivity index (χ3v) is 13.0. The Labute approximate surface area is 507 Å². The molecule has 83 heavy (non-hydrogen) atoms. The first-order chi connectivity index (χ1) is 40.6. The maximum Gasteiger partial charge on any atom is 0.306 e. The number of allylic oxidation sites excluding steroid dienone is 28. The van der Waals surface area contributed by atoms with Gasteiger partial charge in [0, 0.05) is 12.8 Å². The van der Waals surface area contributed by atoms with E-state index in [9.17, 15) is 19.5 Å².